The largest absolute Gasteiger partial charge is 0.370 e. The first-order valence-corrected chi connectivity index (χ1v) is 7.52. The van der Waals surface area contributed by atoms with E-state index < -0.39 is 0 Å². The number of benzene rings is 1. The van der Waals surface area contributed by atoms with Crippen molar-refractivity contribution in [2.24, 2.45) is 16.1 Å². The van der Waals surface area contributed by atoms with Crippen molar-refractivity contribution < 1.29 is 0 Å². The molecule has 0 aromatic heterocycles. The summed E-state index contributed by atoms with van der Waals surface area (Å²) in [6.07, 6.45) is 3.41. The zero-order valence-corrected chi connectivity index (χ0v) is 16.1. The van der Waals surface area contributed by atoms with Crippen LogP contribution in [0.2, 0.25) is 5.02 Å². The van der Waals surface area contributed by atoms with Crippen molar-refractivity contribution in [2.75, 3.05) is 13.6 Å². The Morgan fingerprint density at radius 3 is 2.67 bits per heavy atom. The fourth-order valence-electron chi connectivity index (χ4n) is 2.31. The molecule has 2 rings (SSSR count). The fourth-order valence-corrected chi connectivity index (χ4v) is 2.52. The lowest BCUT2D eigenvalue weighted by Crippen LogP contribution is -2.36. The average molecular weight is 422 g/mol. The first-order valence-electron chi connectivity index (χ1n) is 7.15. The molecule has 1 fully saturated rings. The molecule has 0 amide bonds. The molecule has 2 N–H and O–H groups in total. The van der Waals surface area contributed by atoms with Gasteiger partial charge < -0.3 is 10.6 Å². The number of halogens is 2. The molecule has 0 radical (unpaired) electrons. The number of nitrogens with two attached hydrogens (primary N) is 1. The predicted molar refractivity (Wildman–Crippen MR) is 102 cm³/mol. The molecule has 1 aliphatic rings. The SMILES string of the molecule is CN(C(N)=NCC(C)(C)Cc1cccc(Cl)c1)C1CC1.I. The van der Waals surface area contributed by atoms with Crippen LogP contribution < -0.4 is 5.73 Å². The third-order valence-corrected chi connectivity index (χ3v) is 3.93. The van der Waals surface area contributed by atoms with Gasteiger partial charge in [-0.25, -0.2) is 0 Å². The van der Waals surface area contributed by atoms with E-state index in [1.165, 1.54) is 18.4 Å². The molecule has 0 heterocycles. The van der Waals surface area contributed by atoms with Gasteiger partial charge in [0.25, 0.3) is 0 Å². The molecule has 1 aromatic rings. The molecule has 118 valence electrons. The van der Waals surface area contributed by atoms with Gasteiger partial charge in [-0.1, -0.05) is 37.6 Å². The average Bonchev–Trinajstić information content (AvgIpc) is 3.19. The van der Waals surface area contributed by atoms with Crippen LogP contribution in [0.5, 0.6) is 0 Å². The zero-order chi connectivity index (χ0) is 14.8. The predicted octanol–water partition coefficient (Wildman–Crippen LogP) is 3.94. The van der Waals surface area contributed by atoms with E-state index in [4.69, 9.17) is 17.3 Å². The highest BCUT2D eigenvalue weighted by molar-refractivity contribution is 14.0. The van der Waals surface area contributed by atoms with Gasteiger partial charge in [0, 0.05) is 24.7 Å². The highest BCUT2D eigenvalue weighted by Crippen LogP contribution is 2.26. The van der Waals surface area contributed by atoms with Gasteiger partial charge in [-0.2, -0.15) is 0 Å². The lowest BCUT2D eigenvalue weighted by Gasteiger charge is -2.24. The van der Waals surface area contributed by atoms with Crippen molar-refractivity contribution in [3.8, 4) is 0 Å². The molecule has 0 bridgehead atoms. The molecule has 5 heteroatoms. The monoisotopic (exact) mass is 421 g/mol. The van der Waals surface area contributed by atoms with Crippen LogP contribution in [-0.4, -0.2) is 30.5 Å². The summed E-state index contributed by atoms with van der Waals surface area (Å²) in [4.78, 5) is 6.66. The van der Waals surface area contributed by atoms with Gasteiger partial charge in [0.1, 0.15) is 0 Å². The Morgan fingerprint density at radius 1 is 1.43 bits per heavy atom. The summed E-state index contributed by atoms with van der Waals surface area (Å²) in [6, 6.07) is 8.63. The summed E-state index contributed by atoms with van der Waals surface area (Å²) >= 11 is 6.03. The lowest BCUT2D eigenvalue weighted by molar-refractivity contribution is 0.373. The van der Waals surface area contributed by atoms with Crippen molar-refractivity contribution in [1.29, 1.82) is 0 Å². The van der Waals surface area contributed by atoms with E-state index >= 15 is 0 Å². The maximum atomic E-state index is 6.04. The van der Waals surface area contributed by atoms with Gasteiger partial charge in [-0.15, -0.1) is 24.0 Å². The van der Waals surface area contributed by atoms with E-state index in [-0.39, 0.29) is 29.4 Å². The third-order valence-electron chi connectivity index (χ3n) is 3.70. The van der Waals surface area contributed by atoms with Crippen LogP contribution in [0.15, 0.2) is 29.3 Å². The van der Waals surface area contributed by atoms with E-state index in [0.717, 1.165) is 18.0 Å². The molecule has 0 atom stereocenters. The lowest BCUT2D eigenvalue weighted by atomic mass is 9.86. The highest BCUT2D eigenvalue weighted by atomic mass is 127. The van der Waals surface area contributed by atoms with Crippen LogP contribution in [0.3, 0.4) is 0 Å². The molecule has 0 unspecified atom stereocenters. The van der Waals surface area contributed by atoms with Crippen LogP contribution in [0, 0.1) is 5.41 Å². The van der Waals surface area contributed by atoms with Gasteiger partial charge in [-0.05, 0) is 42.4 Å². The minimum atomic E-state index is 0. The highest BCUT2D eigenvalue weighted by Gasteiger charge is 2.27. The number of rotatable bonds is 5. The topological polar surface area (TPSA) is 41.6 Å². The second-order valence-corrected chi connectivity index (χ2v) is 6.92. The van der Waals surface area contributed by atoms with Gasteiger partial charge in [-0.3, -0.25) is 4.99 Å². The summed E-state index contributed by atoms with van der Waals surface area (Å²) < 4.78 is 0. The van der Waals surface area contributed by atoms with E-state index in [9.17, 15) is 0 Å². The Hall–Kier alpha value is -0.490. The van der Waals surface area contributed by atoms with E-state index in [1.807, 2.05) is 25.2 Å². The van der Waals surface area contributed by atoms with E-state index in [2.05, 4.69) is 29.8 Å². The number of hydrogen-bond donors (Lipinski definition) is 1. The Kier molecular flexibility index (Phi) is 6.78. The minimum absolute atomic E-state index is 0. The standard InChI is InChI=1S/C16H24ClN3.HI/c1-16(2,10-12-5-4-6-13(17)9-12)11-19-15(18)20(3)14-7-8-14;/h4-6,9,14H,7-8,10-11H2,1-3H3,(H2,18,19);1H. The molecule has 0 spiro atoms. The molecule has 0 saturated heterocycles. The normalized spacial score (nSPS) is 15.5. The molecular formula is C16H25ClIN3. The summed E-state index contributed by atoms with van der Waals surface area (Å²) in [5.41, 5.74) is 7.35. The number of nitrogens with zero attached hydrogens (tertiary/aromatic N) is 2. The maximum absolute atomic E-state index is 6.04. The van der Waals surface area contributed by atoms with Gasteiger partial charge >= 0.3 is 0 Å². The first-order chi connectivity index (χ1) is 9.37. The Labute approximate surface area is 150 Å². The third kappa shape index (κ3) is 6.02. The van der Waals surface area contributed by atoms with Crippen LogP contribution in [0.4, 0.5) is 0 Å². The number of hydrogen-bond acceptors (Lipinski definition) is 1. The summed E-state index contributed by atoms with van der Waals surface area (Å²) in [7, 11) is 2.03. The summed E-state index contributed by atoms with van der Waals surface area (Å²) in [5.74, 6) is 0.659. The fraction of sp³-hybridized carbons (Fsp3) is 0.562. The minimum Gasteiger partial charge on any atom is -0.370 e. The van der Waals surface area contributed by atoms with Crippen molar-refractivity contribution in [1.82, 2.24) is 4.90 Å². The second-order valence-electron chi connectivity index (χ2n) is 6.49. The Morgan fingerprint density at radius 2 is 2.10 bits per heavy atom. The van der Waals surface area contributed by atoms with Crippen molar-refractivity contribution >= 4 is 41.5 Å². The Balaban J connectivity index is 0.00000220. The second kappa shape index (κ2) is 7.68. The van der Waals surface area contributed by atoms with Gasteiger partial charge in [0.05, 0.1) is 0 Å². The summed E-state index contributed by atoms with van der Waals surface area (Å²) in [5, 5.41) is 0.787. The van der Waals surface area contributed by atoms with Crippen LogP contribution in [0.1, 0.15) is 32.3 Å². The molecule has 21 heavy (non-hydrogen) atoms. The molecule has 0 aliphatic heterocycles. The number of guanidine groups is 1. The van der Waals surface area contributed by atoms with Gasteiger partial charge in [0.15, 0.2) is 5.96 Å². The molecule has 3 nitrogen and oxygen atoms in total. The van der Waals surface area contributed by atoms with Crippen molar-refractivity contribution in [3.63, 3.8) is 0 Å². The summed E-state index contributed by atoms with van der Waals surface area (Å²) in [6.45, 7) is 5.14. The molecule has 1 aromatic carbocycles. The van der Waals surface area contributed by atoms with Crippen molar-refractivity contribution in [2.45, 2.75) is 39.2 Å². The van der Waals surface area contributed by atoms with Crippen LogP contribution in [0.25, 0.3) is 0 Å². The first kappa shape index (κ1) is 18.6. The maximum Gasteiger partial charge on any atom is 0.191 e. The molecule has 1 aliphatic carbocycles. The van der Waals surface area contributed by atoms with Gasteiger partial charge in [0.2, 0.25) is 0 Å². The number of aliphatic imine (C=N–C) groups is 1. The van der Waals surface area contributed by atoms with Crippen LogP contribution >= 0.6 is 35.6 Å². The van der Waals surface area contributed by atoms with Crippen molar-refractivity contribution in [3.05, 3.63) is 34.9 Å². The van der Waals surface area contributed by atoms with E-state index in [1.54, 1.807) is 0 Å². The Bertz CT molecular complexity index is 498. The molecule has 1 saturated carbocycles. The smallest absolute Gasteiger partial charge is 0.191 e. The zero-order valence-electron chi connectivity index (χ0n) is 13.0. The molecular weight excluding hydrogens is 397 g/mol. The van der Waals surface area contributed by atoms with E-state index in [0.29, 0.717) is 12.0 Å². The quantitative estimate of drug-likeness (QED) is 0.444. The van der Waals surface area contributed by atoms with Crippen LogP contribution in [-0.2, 0) is 6.42 Å².